The van der Waals surface area contributed by atoms with Crippen LogP contribution < -0.4 is 27.8 Å². The monoisotopic (exact) mass is 380 g/mol. The van der Waals surface area contributed by atoms with Gasteiger partial charge in [-0.15, -0.1) is 0 Å². The number of primary amides is 1. The summed E-state index contributed by atoms with van der Waals surface area (Å²) in [4.78, 5) is 15.0. The molecule has 1 fully saturated rings. The predicted octanol–water partition coefficient (Wildman–Crippen LogP) is -5.07. The van der Waals surface area contributed by atoms with Crippen LogP contribution in [0.5, 0.6) is 0 Å². The summed E-state index contributed by atoms with van der Waals surface area (Å²) in [5.41, 5.74) is 15.2. The summed E-state index contributed by atoms with van der Waals surface area (Å²) in [6.45, 7) is -0.416. The lowest BCUT2D eigenvalue weighted by molar-refractivity contribution is -0.608. The van der Waals surface area contributed by atoms with E-state index in [9.17, 15) is 18.3 Å². The average molecular weight is 380 g/mol. The Bertz CT molecular complexity index is 768. The van der Waals surface area contributed by atoms with Crippen LogP contribution in [0.4, 0.5) is 4.79 Å². The maximum Gasteiger partial charge on any atom is 0.404 e. The van der Waals surface area contributed by atoms with Crippen LogP contribution in [0.1, 0.15) is 0 Å². The lowest BCUT2D eigenvalue weighted by Gasteiger charge is -2.39. The van der Waals surface area contributed by atoms with Crippen molar-refractivity contribution < 1.29 is 36.4 Å². The zero-order valence-electron chi connectivity index (χ0n) is 12.7. The van der Waals surface area contributed by atoms with Crippen molar-refractivity contribution in [1.82, 2.24) is 10.6 Å². The van der Waals surface area contributed by atoms with E-state index in [1.165, 1.54) is 4.58 Å². The molecule has 0 radical (unpaired) electrons. The molecule has 0 aromatic carbocycles. The average Bonchev–Trinajstić information content (AvgIpc) is 2.95. The van der Waals surface area contributed by atoms with Gasteiger partial charge in [0, 0.05) is 0 Å². The Morgan fingerprint density at radius 2 is 2.16 bits per heavy atom. The molecule has 3 heterocycles. The number of hydrogen-bond donors (Lipinski definition) is 7. The Hall–Kier alpha value is -2.36. The molecular weight excluding hydrogens is 362 g/mol. The molecule has 15 heteroatoms. The molecule has 140 valence electrons. The molecule has 0 bridgehead atoms. The molecule has 1 spiro atoms. The van der Waals surface area contributed by atoms with E-state index >= 15 is 0 Å². The fraction of sp³-hybridized carbons (Fsp3) is 0.700. The fourth-order valence-corrected chi connectivity index (χ4v) is 3.97. The number of aliphatic hydroxyl groups is 1. The van der Waals surface area contributed by atoms with Gasteiger partial charge in [-0.25, -0.2) is 18.5 Å². The van der Waals surface area contributed by atoms with Gasteiger partial charge in [0.2, 0.25) is 5.66 Å². The third kappa shape index (κ3) is 2.80. The van der Waals surface area contributed by atoms with E-state index < -0.39 is 46.4 Å². The summed E-state index contributed by atoms with van der Waals surface area (Å²) < 4.78 is 41.6. The molecule has 3 aliphatic rings. The highest BCUT2D eigenvalue weighted by Gasteiger charge is 2.68. The summed E-state index contributed by atoms with van der Waals surface area (Å²) in [5.74, 6) is -0.00524. The van der Waals surface area contributed by atoms with Gasteiger partial charge in [-0.1, -0.05) is 0 Å². The summed E-state index contributed by atoms with van der Waals surface area (Å²) >= 11 is 0. The van der Waals surface area contributed by atoms with Crippen LogP contribution in [0, 0.1) is 0 Å². The largest absolute Gasteiger partial charge is 0.446 e. The van der Waals surface area contributed by atoms with Gasteiger partial charge in [-0.2, -0.15) is 8.42 Å². The van der Waals surface area contributed by atoms with Crippen LogP contribution in [0.15, 0.2) is 4.99 Å². The SMILES string of the molecule is NC(=O)OC[C@@H]1NC(N)=[N+]2C[C@H](OS(=O)(=O)O)[C@@H](O)[C@@]23NC(N)=N[C@H]13. The van der Waals surface area contributed by atoms with Gasteiger partial charge in [0.15, 0.2) is 5.96 Å². The molecule has 0 aromatic heterocycles. The third-order valence-corrected chi connectivity index (χ3v) is 4.82. The Morgan fingerprint density at radius 1 is 1.48 bits per heavy atom. The first-order valence-corrected chi connectivity index (χ1v) is 8.45. The smallest absolute Gasteiger partial charge is 0.404 e. The number of guanidine groups is 2. The molecule has 0 aromatic rings. The first kappa shape index (κ1) is 17.5. The van der Waals surface area contributed by atoms with Gasteiger partial charge < -0.3 is 26.6 Å². The highest BCUT2D eigenvalue weighted by molar-refractivity contribution is 7.80. The second-order valence-corrected chi connectivity index (χ2v) is 6.84. The normalized spacial score (nSPS) is 36.8. The van der Waals surface area contributed by atoms with E-state index in [0.717, 1.165) is 0 Å². The van der Waals surface area contributed by atoms with Crippen molar-refractivity contribution >= 4 is 28.4 Å². The molecular formula is C10H18N7O7S+. The molecule has 0 aliphatic carbocycles. The number of nitrogens with one attached hydrogen (secondary N) is 2. The maximum atomic E-state index is 11.0. The number of aliphatic hydroxyl groups excluding tert-OH is 1. The number of amides is 1. The molecule has 1 saturated heterocycles. The van der Waals surface area contributed by atoms with Crippen molar-refractivity contribution in [2.75, 3.05) is 13.2 Å². The lowest BCUT2D eigenvalue weighted by atomic mass is 9.89. The van der Waals surface area contributed by atoms with Crippen molar-refractivity contribution in [2.45, 2.75) is 30.0 Å². The number of rotatable bonds is 4. The lowest BCUT2D eigenvalue weighted by Crippen LogP contribution is -2.74. The van der Waals surface area contributed by atoms with Crippen LogP contribution in [0.3, 0.4) is 0 Å². The van der Waals surface area contributed by atoms with E-state index in [2.05, 4.69) is 19.8 Å². The first-order chi connectivity index (χ1) is 11.5. The van der Waals surface area contributed by atoms with Crippen molar-refractivity contribution in [3.63, 3.8) is 0 Å². The van der Waals surface area contributed by atoms with E-state index in [1.54, 1.807) is 0 Å². The highest BCUT2D eigenvalue weighted by Crippen LogP contribution is 2.37. The summed E-state index contributed by atoms with van der Waals surface area (Å²) in [5, 5.41) is 16.3. The van der Waals surface area contributed by atoms with Crippen LogP contribution in [-0.4, -0.2) is 83.8 Å². The first-order valence-electron chi connectivity index (χ1n) is 7.08. The van der Waals surface area contributed by atoms with Crippen LogP contribution in [0.25, 0.3) is 0 Å². The fourth-order valence-electron chi connectivity index (χ4n) is 3.49. The van der Waals surface area contributed by atoms with Gasteiger partial charge in [0.05, 0.1) is 6.54 Å². The molecule has 5 atom stereocenters. The topological polar surface area (TPSA) is 228 Å². The molecule has 1 amide bonds. The predicted molar refractivity (Wildman–Crippen MR) is 80.5 cm³/mol. The van der Waals surface area contributed by atoms with E-state index in [-0.39, 0.29) is 25.1 Å². The summed E-state index contributed by atoms with van der Waals surface area (Å²) in [6.07, 6.45) is -3.86. The number of hydrogen-bond acceptors (Lipinski definition) is 11. The van der Waals surface area contributed by atoms with Crippen LogP contribution in [-0.2, 0) is 19.3 Å². The van der Waals surface area contributed by atoms with Crippen LogP contribution >= 0.6 is 0 Å². The van der Waals surface area contributed by atoms with Gasteiger partial charge >= 0.3 is 22.5 Å². The molecule has 14 nitrogen and oxygen atoms in total. The number of carbonyl (C=O) groups is 1. The number of aliphatic imine (C=N–C) groups is 1. The number of nitrogens with two attached hydrogens (primary N) is 3. The molecule has 10 N–H and O–H groups in total. The maximum absolute atomic E-state index is 11.0. The Balaban J connectivity index is 1.98. The van der Waals surface area contributed by atoms with Gasteiger partial charge in [0.1, 0.15) is 30.9 Å². The minimum absolute atomic E-state index is 0.0345. The number of carbonyl (C=O) groups excluding carboxylic acids is 1. The van der Waals surface area contributed by atoms with Gasteiger partial charge in [0.25, 0.3) is 0 Å². The van der Waals surface area contributed by atoms with Crippen molar-refractivity contribution in [3.05, 3.63) is 0 Å². The Kier molecular flexibility index (Phi) is 3.90. The molecule has 3 rings (SSSR count). The highest BCUT2D eigenvalue weighted by atomic mass is 32.3. The Morgan fingerprint density at radius 3 is 2.76 bits per heavy atom. The third-order valence-electron chi connectivity index (χ3n) is 4.33. The second kappa shape index (κ2) is 5.58. The van der Waals surface area contributed by atoms with Crippen molar-refractivity contribution in [1.29, 1.82) is 0 Å². The standard InChI is InChI=1S/C10H17N7O7S/c11-7-15-5-3(2-23-9(13)19)14-8(12)17-1-4(24-25(20,21)22)6(18)10(5,17)16-7/h3-6,18H,1-2H2,(H8,11,12,13,14,15,16,19,20,21,22)/p+1/t3-,4-,5+,6+,10-/m0/s1. The van der Waals surface area contributed by atoms with Gasteiger partial charge in [-0.05, 0) is 0 Å². The molecule has 0 saturated carbocycles. The van der Waals surface area contributed by atoms with Crippen molar-refractivity contribution in [3.8, 4) is 0 Å². The second-order valence-electron chi connectivity index (χ2n) is 5.79. The quantitative estimate of drug-likeness (QED) is 0.180. The summed E-state index contributed by atoms with van der Waals surface area (Å²) in [7, 11) is -4.82. The minimum atomic E-state index is -4.82. The van der Waals surface area contributed by atoms with Crippen LogP contribution in [0.2, 0.25) is 0 Å². The summed E-state index contributed by atoms with van der Waals surface area (Å²) in [6, 6.07) is -1.54. The van der Waals surface area contributed by atoms with Gasteiger partial charge in [-0.3, -0.25) is 15.6 Å². The Labute approximate surface area is 141 Å². The minimum Gasteiger partial charge on any atom is -0.446 e. The molecule has 0 unspecified atom stereocenters. The molecule has 3 aliphatic heterocycles. The zero-order chi connectivity index (χ0) is 18.6. The van der Waals surface area contributed by atoms with E-state index in [4.69, 9.17) is 26.5 Å². The molecule has 25 heavy (non-hydrogen) atoms. The van der Waals surface area contributed by atoms with Crippen molar-refractivity contribution in [2.24, 2.45) is 22.2 Å². The van der Waals surface area contributed by atoms with E-state index in [1.807, 2.05) is 0 Å². The number of nitrogens with zero attached hydrogens (tertiary/aromatic N) is 2. The zero-order valence-corrected chi connectivity index (χ0v) is 13.5. The van der Waals surface area contributed by atoms with E-state index in [0.29, 0.717) is 0 Å². The number of ether oxygens (including phenoxy) is 1.